The van der Waals surface area contributed by atoms with Crippen molar-refractivity contribution in [3.63, 3.8) is 0 Å². The molecule has 0 aliphatic carbocycles. The van der Waals surface area contributed by atoms with Crippen molar-refractivity contribution < 1.29 is 14.3 Å². The third kappa shape index (κ3) is 3.51. The number of carbonyl (C=O) groups is 2. The average molecular weight is 410 g/mol. The fraction of sp³-hybridized carbons (Fsp3) is 0.417. The van der Waals surface area contributed by atoms with Crippen LogP contribution in [0.15, 0.2) is 54.6 Å². The van der Waals surface area contributed by atoms with Gasteiger partial charge < -0.3 is 15.0 Å². The molecule has 1 heterocycles. The van der Waals surface area contributed by atoms with E-state index in [2.05, 4.69) is 5.32 Å². The number of hydrogen-bond donors (Lipinski definition) is 1. The Morgan fingerprint density at radius 1 is 1.13 bits per heavy atom. The first-order valence-corrected chi connectivity index (χ1v) is 10.1. The van der Waals surface area contributed by atoms with Gasteiger partial charge in [-0.1, -0.05) is 63.2 Å². The second kappa shape index (κ2) is 8.01. The van der Waals surface area contributed by atoms with Crippen molar-refractivity contribution >= 4 is 11.9 Å². The van der Waals surface area contributed by atoms with Gasteiger partial charge in [-0.05, 0) is 23.3 Å². The summed E-state index contributed by atoms with van der Waals surface area (Å²) in [5.74, 6) is 0.537. The molecule has 6 nitrogen and oxygen atoms in total. The Kier molecular flexibility index (Phi) is 5.79. The molecule has 1 saturated heterocycles. The van der Waals surface area contributed by atoms with E-state index >= 15 is 0 Å². The molecule has 2 aromatic carbocycles. The fourth-order valence-corrected chi connectivity index (χ4v) is 4.56. The number of methoxy groups -OCH3 is 1. The van der Waals surface area contributed by atoms with Crippen molar-refractivity contribution in [3.8, 4) is 5.75 Å². The summed E-state index contributed by atoms with van der Waals surface area (Å²) in [6, 6.07) is 17.0. The topological polar surface area (TPSA) is 61.9 Å². The molecule has 160 valence electrons. The number of nitrogens with one attached hydrogen (secondary N) is 1. The zero-order valence-electron chi connectivity index (χ0n) is 18.6. The maximum atomic E-state index is 14.0. The van der Waals surface area contributed by atoms with Crippen LogP contribution < -0.4 is 10.1 Å². The molecular formula is C24H31N3O3. The monoisotopic (exact) mass is 409 g/mol. The molecule has 3 rings (SSSR count). The molecule has 0 radical (unpaired) electrons. The summed E-state index contributed by atoms with van der Waals surface area (Å²) in [6.07, 6.45) is -0.0515. The molecule has 30 heavy (non-hydrogen) atoms. The third-order valence-electron chi connectivity index (χ3n) is 5.75. The number of hydrogen-bond acceptors (Lipinski definition) is 3. The molecule has 1 fully saturated rings. The second-order valence-corrected chi connectivity index (χ2v) is 8.84. The number of ether oxygens (including phenoxy) is 1. The molecule has 0 saturated carbocycles. The van der Waals surface area contributed by atoms with Crippen LogP contribution in [0, 0.1) is 5.41 Å². The molecule has 0 bridgehead atoms. The summed E-state index contributed by atoms with van der Waals surface area (Å²) in [5, 5.41) is 2.77. The number of urea groups is 1. The number of likely N-dealkylation sites (N-methyl/N-ethyl adjacent to an activating group) is 1. The van der Waals surface area contributed by atoms with Crippen LogP contribution in [0.4, 0.5) is 4.79 Å². The lowest BCUT2D eigenvalue weighted by Crippen LogP contribution is -2.58. The summed E-state index contributed by atoms with van der Waals surface area (Å²) >= 11 is 0. The molecular weight excluding hydrogens is 378 g/mol. The molecule has 2 unspecified atom stereocenters. The second-order valence-electron chi connectivity index (χ2n) is 8.84. The standard InChI is InChI=1S/C24H31N3O3/c1-23(2,3)20-26(5)21(28)24(27(20)22(29)25-4,16-17-11-8-7-9-12-17)18-13-10-14-19(15-18)30-6/h7-15,20H,16H2,1-6H3,(H,25,29). The van der Waals surface area contributed by atoms with Gasteiger partial charge in [0.2, 0.25) is 0 Å². The fourth-order valence-electron chi connectivity index (χ4n) is 4.56. The highest BCUT2D eigenvalue weighted by atomic mass is 16.5. The average Bonchev–Trinajstić information content (AvgIpc) is 2.96. The molecule has 1 aliphatic heterocycles. The minimum Gasteiger partial charge on any atom is -0.497 e. The Labute approximate surface area is 178 Å². The van der Waals surface area contributed by atoms with Gasteiger partial charge in [0.1, 0.15) is 11.9 Å². The van der Waals surface area contributed by atoms with Crippen molar-refractivity contribution in [2.24, 2.45) is 5.41 Å². The van der Waals surface area contributed by atoms with Crippen LogP contribution in [0.25, 0.3) is 0 Å². The summed E-state index contributed by atoms with van der Waals surface area (Å²) in [4.78, 5) is 30.7. The number of amides is 3. The lowest BCUT2D eigenvalue weighted by Gasteiger charge is -2.43. The van der Waals surface area contributed by atoms with Crippen LogP contribution in [-0.2, 0) is 16.8 Å². The van der Waals surface area contributed by atoms with Crippen LogP contribution in [0.5, 0.6) is 5.75 Å². The maximum Gasteiger partial charge on any atom is 0.319 e. The summed E-state index contributed by atoms with van der Waals surface area (Å²) < 4.78 is 5.44. The van der Waals surface area contributed by atoms with Crippen molar-refractivity contribution in [1.82, 2.24) is 15.1 Å². The molecule has 0 spiro atoms. The minimum atomic E-state index is -1.19. The van der Waals surface area contributed by atoms with Crippen LogP contribution in [0.1, 0.15) is 31.9 Å². The van der Waals surface area contributed by atoms with Gasteiger partial charge in [-0.3, -0.25) is 9.69 Å². The zero-order chi connectivity index (χ0) is 22.1. The normalized spacial score (nSPS) is 21.7. The molecule has 3 amide bonds. The van der Waals surface area contributed by atoms with Crippen LogP contribution in [0.3, 0.4) is 0 Å². The molecule has 2 atom stereocenters. The van der Waals surface area contributed by atoms with E-state index in [0.29, 0.717) is 12.2 Å². The molecule has 2 aromatic rings. The van der Waals surface area contributed by atoms with E-state index in [9.17, 15) is 9.59 Å². The number of carbonyl (C=O) groups excluding carboxylic acids is 2. The van der Waals surface area contributed by atoms with Crippen LogP contribution in [-0.4, -0.2) is 49.1 Å². The Hall–Kier alpha value is -3.02. The van der Waals surface area contributed by atoms with Crippen molar-refractivity contribution in [3.05, 3.63) is 65.7 Å². The van der Waals surface area contributed by atoms with Crippen molar-refractivity contribution in [1.29, 1.82) is 0 Å². The Morgan fingerprint density at radius 2 is 1.80 bits per heavy atom. The Morgan fingerprint density at radius 3 is 2.37 bits per heavy atom. The van der Waals surface area contributed by atoms with Gasteiger partial charge in [-0.15, -0.1) is 0 Å². The SMILES string of the molecule is CNC(=O)N1C(C(C)(C)C)N(C)C(=O)C1(Cc1ccccc1)c1cccc(OC)c1. The van der Waals surface area contributed by atoms with Crippen LogP contribution in [0.2, 0.25) is 0 Å². The number of nitrogens with zero attached hydrogens (tertiary/aromatic N) is 2. The van der Waals surface area contributed by atoms with Crippen LogP contribution >= 0.6 is 0 Å². The Balaban J connectivity index is 2.32. The van der Waals surface area contributed by atoms with E-state index in [1.54, 1.807) is 31.0 Å². The predicted molar refractivity (Wildman–Crippen MR) is 117 cm³/mol. The number of benzene rings is 2. The van der Waals surface area contributed by atoms with Gasteiger partial charge in [0.05, 0.1) is 7.11 Å². The predicted octanol–water partition coefficient (Wildman–Crippen LogP) is 3.62. The van der Waals surface area contributed by atoms with Crippen molar-refractivity contribution in [2.45, 2.75) is 38.9 Å². The Bertz CT molecular complexity index is 923. The van der Waals surface area contributed by atoms with E-state index in [0.717, 1.165) is 11.1 Å². The van der Waals surface area contributed by atoms with E-state index in [1.807, 2.05) is 75.4 Å². The van der Waals surface area contributed by atoms with Gasteiger partial charge in [0.15, 0.2) is 5.54 Å². The summed E-state index contributed by atoms with van der Waals surface area (Å²) in [5.41, 5.74) is 0.167. The minimum absolute atomic E-state index is 0.108. The maximum absolute atomic E-state index is 14.0. The van der Waals surface area contributed by atoms with Gasteiger partial charge in [0, 0.05) is 25.9 Å². The molecule has 6 heteroatoms. The molecule has 1 aliphatic rings. The first-order valence-electron chi connectivity index (χ1n) is 10.1. The lowest BCUT2D eigenvalue weighted by molar-refractivity contribution is -0.133. The third-order valence-corrected chi connectivity index (χ3v) is 5.75. The van der Waals surface area contributed by atoms with Gasteiger partial charge >= 0.3 is 6.03 Å². The first-order chi connectivity index (χ1) is 14.2. The lowest BCUT2D eigenvalue weighted by atomic mass is 9.81. The largest absolute Gasteiger partial charge is 0.497 e. The summed E-state index contributed by atoms with van der Waals surface area (Å²) in [6.45, 7) is 6.13. The van der Waals surface area contributed by atoms with Gasteiger partial charge in [0.25, 0.3) is 5.91 Å². The zero-order valence-corrected chi connectivity index (χ0v) is 18.6. The summed E-state index contributed by atoms with van der Waals surface area (Å²) in [7, 11) is 4.98. The highest BCUT2D eigenvalue weighted by Gasteiger charge is 2.61. The highest BCUT2D eigenvalue weighted by Crippen LogP contribution is 2.47. The van der Waals surface area contributed by atoms with E-state index < -0.39 is 11.7 Å². The molecule has 0 aromatic heterocycles. The molecule has 1 N–H and O–H groups in total. The van der Waals surface area contributed by atoms with E-state index in [-0.39, 0.29) is 17.4 Å². The quantitative estimate of drug-likeness (QED) is 0.839. The smallest absolute Gasteiger partial charge is 0.319 e. The van der Waals surface area contributed by atoms with E-state index in [1.165, 1.54) is 0 Å². The van der Waals surface area contributed by atoms with Gasteiger partial charge in [-0.25, -0.2) is 4.79 Å². The highest BCUT2D eigenvalue weighted by molar-refractivity contribution is 5.96. The first kappa shape index (κ1) is 21.7. The number of rotatable bonds is 4. The van der Waals surface area contributed by atoms with Gasteiger partial charge in [-0.2, -0.15) is 0 Å². The van der Waals surface area contributed by atoms with Crippen molar-refractivity contribution in [2.75, 3.05) is 21.2 Å². The van der Waals surface area contributed by atoms with E-state index in [4.69, 9.17) is 4.74 Å².